The minimum Gasteiger partial charge on any atom is -0.392 e. The largest absolute Gasteiger partial charge is 0.392 e. The second-order valence-corrected chi connectivity index (χ2v) is 4.80. The van der Waals surface area contributed by atoms with Gasteiger partial charge < -0.3 is 10.4 Å². The number of aliphatic hydroxyl groups excluding tert-OH is 1. The van der Waals surface area contributed by atoms with Crippen molar-refractivity contribution >= 4 is 5.91 Å². The standard InChI is InChI=1S/C16H18N2O2/c1-11-7-15(8-12(2)18-11)16(20)17-9-13-3-5-14(10-19)6-4-13/h3-8,19H,9-10H2,1-2H3,(H,17,20). The van der Waals surface area contributed by atoms with Gasteiger partial charge in [-0.15, -0.1) is 0 Å². The number of pyridine rings is 1. The highest BCUT2D eigenvalue weighted by Gasteiger charge is 2.07. The first-order chi connectivity index (χ1) is 9.58. The number of nitrogens with one attached hydrogen (secondary N) is 1. The Kier molecular flexibility index (Phi) is 4.48. The highest BCUT2D eigenvalue weighted by Crippen LogP contribution is 2.07. The van der Waals surface area contributed by atoms with Gasteiger partial charge in [-0.2, -0.15) is 0 Å². The van der Waals surface area contributed by atoms with Crippen LogP contribution in [0.2, 0.25) is 0 Å². The number of carbonyl (C=O) groups is 1. The summed E-state index contributed by atoms with van der Waals surface area (Å²) in [5, 5.41) is 11.8. The maximum atomic E-state index is 12.1. The molecular weight excluding hydrogens is 252 g/mol. The summed E-state index contributed by atoms with van der Waals surface area (Å²) >= 11 is 0. The van der Waals surface area contributed by atoms with Gasteiger partial charge >= 0.3 is 0 Å². The first-order valence-corrected chi connectivity index (χ1v) is 6.50. The Morgan fingerprint density at radius 1 is 1.10 bits per heavy atom. The molecule has 0 aliphatic rings. The summed E-state index contributed by atoms with van der Waals surface area (Å²) in [6, 6.07) is 11.0. The molecule has 1 amide bonds. The zero-order valence-corrected chi connectivity index (χ0v) is 11.7. The fraction of sp³-hybridized carbons (Fsp3) is 0.250. The lowest BCUT2D eigenvalue weighted by atomic mass is 10.1. The third-order valence-electron chi connectivity index (χ3n) is 3.00. The van der Waals surface area contributed by atoms with Crippen molar-refractivity contribution in [1.29, 1.82) is 0 Å². The summed E-state index contributed by atoms with van der Waals surface area (Å²) in [6.45, 7) is 4.24. The number of carbonyl (C=O) groups excluding carboxylic acids is 1. The van der Waals surface area contributed by atoms with Crippen LogP contribution in [0.4, 0.5) is 0 Å². The van der Waals surface area contributed by atoms with E-state index in [-0.39, 0.29) is 12.5 Å². The van der Waals surface area contributed by atoms with E-state index in [0.29, 0.717) is 12.1 Å². The van der Waals surface area contributed by atoms with Gasteiger partial charge in [-0.25, -0.2) is 0 Å². The fourth-order valence-electron chi connectivity index (χ4n) is 2.01. The van der Waals surface area contributed by atoms with Crippen LogP contribution in [0.3, 0.4) is 0 Å². The van der Waals surface area contributed by atoms with Crippen molar-refractivity contribution in [3.63, 3.8) is 0 Å². The van der Waals surface area contributed by atoms with Crippen LogP contribution in [-0.2, 0) is 13.2 Å². The van der Waals surface area contributed by atoms with Gasteiger partial charge in [0.25, 0.3) is 5.91 Å². The van der Waals surface area contributed by atoms with E-state index >= 15 is 0 Å². The van der Waals surface area contributed by atoms with Crippen LogP contribution in [0.15, 0.2) is 36.4 Å². The predicted molar refractivity (Wildman–Crippen MR) is 77.2 cm³/mol. The molecule has 0 saturated carbocycles. The average molecular weight is 270 g/mol. The molecule has 0 fully saturated rings. The van der Waals surface area contributed by atoms with Gasteiger partial charge in [0.2, 0.25) is 0 Å². The maximum Gasteiger partial charge on any atom is 0.251 e. The number of hydrogen-bond donors (Lipinski definition) is 2. The van der Waals surface area contributed by atoms with E-state index in [2.05, 4.69) is 10.3 Å². The van der Waals surface area contributed by atoms with E-state index in [4.69, 9.17) is 5.11 Å². The molecule has 1 aromatic heterocycles. The molecule has 0 bridgehead atoms. The fourth-order valence-corrected chi connectivity index (χ4v) is 2.01. The Hall–Kier alpha value is -2.20. The summed E-state index contributed by atoms with van der Waals surface area (Å²) in [4.78, 5) is 16.3. The van der Waals surface area contributed by atoms with E-state index in [1.807, 2.05) is 38.1 Å². The van der Waals surface area contributed by atoms with E-state index in [0.717, 1.165) is 22.5 Å². The van der Waals surface area contributed by atoms with Crippen molar-refractivity contribution in [2.75, 3.05) is 0 Å². The molecular formula is C16H18N2O2. The second kappa shape index (κ2) is 6.30. The molecule has 0 saturated heterocycles. The van der Waals surface area contributed by atoms with Crippen molar-refractivity contribution in [1.82, 2.24) is 10.3 Å². The number of amides is 1. The average Bonchev–Trinajstić information content (AvgIpc) is 2.44. The zero-order chi connectivity index (χ0) is 14.5. The number of hydrogen-bond acceptors (Lipinski definition) is 3. The Labute approximate surface area is 118 Å². The van der Waals surface area contributed by atoms with Crippen molar-refractivity contribution in [3.05, 3.63) is 64.5 Å². The summed E-state index contributed by atoms with van der Waals surface area (Å²) in [5.74, 6) is -0.107. The third-order valence-corrected chi connectivity index (χ3v) is 3.00. The molecule has 2 aromatic rings. The highest BCUT2D eigenvalue weighted by molar-refractivity contribution is 5.94. The quantitative estimate of drug-likeness (QED) is 0.894. The summed E-state index contributed by atoms with van der Waals surface area (Å²) in [6.07, 6.45) is 0. The summed E-state index contributed by atoms with van der Waals surface area (Å²) < 4.78 is 0. The molecule has 2 N–H and O–H groups in total. The molecule has 0 unspecified atom stereocenters. The minimum atomic E-state index is -0.107. The van der Waals surface area contributed by atoms with E-state index in [9.17, 15) is 4.79 Å². The molecule has 4 heteroatoms. The smallest absolute Gasteiger partial charge is 0.251 e. The van der Waals surface area contributed by atoms with Crippen molar-refractivity contribution in [2.45, 2.75) is 27.0 Å². The normalized spacial score (nSPS) is 10.3. The van der Waals surface area contributed by atoms with Crippen molar-refractivity contribution in [3.8, 4) is 0 Å². The summed E-state index contributed by atoms with van der Waals surface area (Å²) in [5.41, 5.74) is 4.16. The van der Waals surface area contributed by atoms with E-state index in [1.165, 1.54) is 0 Å². The minimum absolute atomic E-state index is 0.0300. The summed E-state index contributed by atoms with van der Waals surface area (Å²) in [7, 11) is 0. The molecule has 0 aliphatic heterocycles. The van der Waals surface area contributed by atoms with E-state index in [1.54, 1.807) is 12.1 Å². The molecule has 4 nitrogen and oxygen atoms in total. The van der Waals surface area contributed by atoms with Crippen LogP contribution in [-0.4, -0.2) is 16.0 Å². The first kappa shape index (κ1) is 14.2. The van der Waals surface area contributed by atoms with Gasteiger partial charge in [0.15, 0.2) is 0 Å². The highest BCUT2D eigenvalue weighted by atomic mass is 16.3. The Balaban J connectivity index is 2.00. The van der Waals surface area contributed by atoms with Crippen LogP contribution in [0.1, 0.15) is 32.9 Å². The lowest BCUT2D eigenvalue weighted by Gasteiger charge is -2.07. The van der Waals surface area contributed by atoms with Crippen LogP contribution >= 0.6 is 0 Å². The van der Waals surface area contributed by atoms with Crippen LogP contribution in [0.25, 0.3) is 0 Å². The van der Waals surface area contributed by atoms with Gasteiger partial charge in [-0.05, 0) is 37.1 Å². The molecule has 0 spiro atoms. The molecule has 0 aliphatic carbocycles. The number of aliphatic hydroxyl groups is 1. The number of aromatic nitrogens is 1. The van der Waals surface area contributed by atoms with Gasteiger partial charge in [-0.1, -0.05) is 24.3 Å². The SMILES string of the molecule is Cc1cc(C(=O)NCc2ccc(CO)cc2)cc(C)n1. The second-order valence-electron chi connectivity index (χ2n) is 4.80. The van der Waals surface area contributed by atoms with Crippen molar-refractivity contribution < 1.29 is 9.90 Å². The molecule has 2 rings (SSSR count). The van der Waals surface area contributed by atoms with E-state index < -0.39 is 0 Å². The lowest BCUT2D eigenvalue weighted by molar-refractivity contribution is 0.0950. The first-order valence-electron chi connectivity index (χ1n) is 6.50. The predicted octanol–water partition coefficient (Wildman–Crippen LogP) is 2.12. The molecule has 1 aromatic carbocycles. The molecule has 1 heterocycles. The number of aryl methyl sites for hydroxylation is 2. The number of benzene rings is 1. The zero-order valence-electron chi connectivity index (χ0n) is 11.7. The Morgan fingerprint density at radius 2 is 1.65 bits per heavy atom. The van der Waals surface area contributed by atoms with Gasteiger partial charge in [-0.3, -0.25) is 9.78 Å². The van der Waals surface area contributed by atoms with Crippen LogP contribution in [0.5, 0.6) is 0 Å². The third kappa shape index (κ3) is 3.65. The molecule has 0 atom stereocenters. The van der Waals surface area contributed by atoms with Gasteiger partial charge in [0, 0.05) is 23.5 Å². The number of rotatable bonds is 4. The Bertz CT molecular complexity index is 586. The van der Waals surface area contributed by atoms with Gasteiger partial charge in [0.05, 0.1) is 6.61 Å². The maximum absolute atomic E-state index is 12.1. The Morgan fingerprint density at radius 3 is 2.20 bits per heavy atom. The molecule has 104 valence electrons. The van der Waals surface area contributed by atoms with Crippen LogP contribution in [0, 0.1) is 13.8 Å². The number of nitrogens with zero attached hydrogens (tertiary/aromatic N) is 1. The van der Waals surface area contributed by atoms with Gasteiger partial charge in [0.1, 0.15) is 0 Å². The topological polar surface area (TPSA) is 62.2 Å². The molecule has 0 radical (unpaired) electrons. The molecule has 20 heavy (non-hydrogen) atoms. The van der Waals surface area contributed by atoms with Crippen molar-refractivity contribution in [2.24, 2.45) is 0 Å². The van der Waals surface area contributed by atoms with Crippen LogP contribution < -0.4 is 5.32 Å². The lowest BCUT2D eigenvalue weighted by Crippen LogP contribution is -2.23. The monoisotopic (exact) mass is 270 g/mol.